The van der Waals surface area contributed by atoms with Crippen molar-refractivity contribution in [2.45, 2.75) is 58.6 Å². The summed E-state index contributed by atoms with van der Waals surface area (Å²) in [6, 6.07) is 7.16. The zero-order valence-electron chi connectivity index (χ0n) is 22.8. The summed E-state index contributed by atoms with van der Waals surface area (Å²) in [5.74, 6) is 0.548. The normalized spacial score (nSPS) is 16.8. The Kier molecular flexibility index (Phi) is 5.93. The van der Waals surface area contributed by atoms with Crippen molar-refractivity contribution < 1.29 is 24.1 Å². The highest BCUT2D eigenvalue weighted by Crippen LogP contribution is 2.48. The van der Waals surface area contributed by atoms with E-state index in [-0.39, 0.29) is 17.1 Å². The number of aliphatic imine (C=N–C) groups is 1. The lowest BCUT2D eigenvalue weighted by Gasteiger charge is -2.31. The summed E-state index contributed by atoms with van der Waals surface area (Å²) in [5.41, 5.74) is 3.59. The van der Waals surface area contributed by atoms with Gasteiger partial charge in [-0.05, 0) is 64.8 Å². The molecule has 9 nitrogen and oxygen atoms in total. The monoisotopic (exact) mass is 519 g/mol. The molecule has 0 unspecified atom stereocenters. The molecule has 0 saturated carbocycles. The van der Waals surface area contributed by atoms with Crippen molar-refractivity contribution in [3.8, 4) is 23.1 Å². The first-order valence-corrected chi connectivity index (χ1v) is 12.7. The van der Waals surface area contributed by atoms with Crippen LogP contribution in [0.3, 0.4) is 0 Å². The summed E-state index contributed by atoms with van der Waals surface area (Å²) in [6.45, 7) is 10.7. The van der Waals surface area contributed by atoms with Gasteiger partial charge >= 0.3 is 11.7 Å². The molecule has 0 aliphatic carbocycles. The Labute approximate surface area is 221 Å². The van der Waals surface area contributed by atoms with E-state index in [1.54, 1.807) is 18.2 Å². The van der Waals surface area contributed by atoms with Gasteiger partial charge in [0.1, 0.15) is 5.60 Å². The van der Waals surface area contributed by atoms with Gasteiger partial charge in [-0.1, -0.05) is 6.07 Å². The van der Waals surface area contributed by atoms with E-state index in [1.165, 1.54) is 24.9 Å². The first-order valence-electron chi connectivity index (χ1n) is 12.7. The molecule has 2 aromatic carbocycles. The fourth-order valence-corrected chi connectivity index (χ4v) is 5.46. The summed E-state index contributed by atoms with van der Waals surface area (Å²) in [7, 11) is 2.81. The summed E-state index contributed by atoms with van der Waals surface area (Å²) >= 11 is 0. The quantitative estimate of drug-likeness (QED) is 0.512. The van der Waals surface area contributed by atoms with Crippen molar-refractivity contribution in [2.24, 2.45) is 12.0 Å². The third-order valence-corrected chi connectivity index (χ3v) is 6.93. The lowest BCUT2D eigenvalue weighted by atomic mass is 9.80. The Bertz CT molecular complexity index is 1560. The zero-order chi connectivity index (χ0) is 27.6. The van der Waals surface area contributed by atoms with Gasteiger partial charge in [-0.2, -0.15) is 0 Å². The average molecular weight is 520 g/mol. The van der Waals surface area contributed by atoms with Gasteiger partial charge in [0.2, 0.25) is 5.88 Å². The molecule has 1 N–H and O–H groups in total. The van der Waals surface area contributed by atoms with Gasteiger partial charge in [-0.3, -0.25) is 9.56 Å². The van der Waals surface area contributed by atoms with Crippen LogP contribution in [-0.2, 0) is 24.6 Å². The number of rotatable bonds is 5. The smallest absolute Gasteiger partial charge is 0.339 e. The standard InChI is InChI=1S/C29H33N3O6/c1-8-37-21-12-17-13-28(2,3)30-24(23(17)19-14-29(4,5)38-25(19)21)16-9-10-18(26(34)36-7)20(11-16)32-22(33)15-31(6)27(32)35/h9-12,15,33H,8,13-14H2,1-7H3. The van der Waals surface area contributed by atoms with E-state index in [0.717, 1.165) is 38.5 Å². The van der Waals surface area contributed by atoms with Crippen molar-refractivity contribution in [1.82, 2.24) is 9.13 Å². The molecular weight excluding hydrogens is 486 g/mol. The van der Waals surface area contributed by atoms with E-state index in [2.05, 4.69) is 13.8 Å². The van der Waals surface area contributed by atoms with Gasteiger partial charge in [0.05, 0.1) is 42.4 Å². The molecular formula is C29H33N3O6. The summed E-state index contributed by atoms with van der Waals surface area (Å²) in [6.07, 6.45) is 2.69. The molecule has 0 amide bonds. The number of aromatic nitrogens is 2. The Morgan fingerprint density at radius 1 is 1.18 bits per heavy atom. The number of nitrogens with zero attached hydrogens (tertiary/aromatic N) is 3. The molecule has 0 spiro atoms. The third kappa shape index (κ3) is 4.15. The summed E-state index contributed by atoms with van der Waals surface area (Å²) in [5, 5.41) is 10.6. The van der Waals surface area contributed by atoms with Crippen LogP contribution in [0, 0.1) is 0 Å². The second kappa shape index (κ2) is 8.79. The van der Waals surface area contributed by atoms with Crippen LogP contribution in [0.1, 0.15) is 67.2 Å². The van der Waals surface area contributed by atoms with Crippen LogP contribution in [-0.4, -0.2) is 50.8 Å². The molecule has 0 radical (unpaired) electrons. The molecule has 1 aromatic heterocycles. The summed E-state index contributed by atoms with van der Waals surface area (Å²) < 4.78 is 19.7. The number of ether oxygens (including phenoxy) is 3. The van der Waals surface area contributed by atoms with E-state index in [1.807, 2.05) is 26.8 Å². The van der Waals surface area contributed by atoms with Crippen molar-refractivity contribution >= 4 is 11.7 Å². The van der Waals surface area contributed by atoms with E-state index < -0.39 is 22.8 Å². The number of carbonyl (C=O) groups excluding carboxylic acids is 1. The Morgan fingerprint density at radius 3 is 2.55 bits per heavy atom. The number of methoxy groups -OCH3 is 1. The number of fused-ring (bicyclic) bond motifs is 3. The molecule has 5 rings (SSSR count). The Hall–Kier alpha value is -4.01. The molecule has 2 aliphatic heterocycles. The molecule has 9 heteroatoms. The number of carbonyl (C=O) groups is 1. The topological polar surface area (TPSA) is 104 Å². The largest absolute Gasteiger partial charge is 0.493 e. The number of benzene rings is 2. The van der Waals surface area contributed by atoms with Crippen LogP contribution in [0.25, 0.3) is 5.69 Å². The number of hydrogen-bond acceptors (Lipinski definition) is 7. The zero-order valence-corrected chi connectivity index (χ0v) is 22.8. The second-order valence-electron chi connectivity index (χ2n) is 11.1. The number of aryl methyl sites for hydroxylation is 1. The van der Waals surface area contributed by atoms with Gasteiger partial charge in [-0.15, -0.1) is 0 Å². The predicted molar refractivity (Wildman–Crippen MR) is 143 cm³/mol. The van der Waals surface area contributed by atoms with Crippen molar-refractivity contribution in [3.05, 3.63) is 68.8 Å². The van der Waals surface area contributed by atoms with Crippen LogP contribution in [0.15, 0.2) is 40.2 Å². The predicted octanol–water partition coefficient (Wildman–Crippen LogP) is 3.95. The van der Waals surface area contributed by atoms with E-state index in [9.17, 15) is 14.7 Å². The molecule has 0 saturated heterocycles. The lowest BCUT2D eigenvalue weighted by molar-refractivity contribution is 0.0600. The van der Waals surface area contributed by atoms with Gasteiger partial charge in [0, 0.05) is 30.2 Å². The van der Waals surface area contributed by atoms with E-state index in [4.69, 9.17) is 19.2 Å². The fraction of sp³-hybridized carbons (Fsp3) is 0.414. The van der Waals surface area contributed by atoms with Crippen LogP contribution >= 0.6 is 0 Å². The second-order valence-corrected chi connectivity index (χ2v) is 11.1. The first-order chi connectivity index (χ1) is 17.9. The van der Waals surface area contributed by atoms with Crippen molar-refractivity contribution in [2.75, 3.05) is 13.7 Å². The van der Waals surface area contributed by atoms with Gasteiger partial charge in [0.15, 0.2) is 11.5 Å². The number of aromatic hydroxyl groups is 1. The molecule has 3 heterocycles. The summed E-state index contributed by atoms with van der Waals surface area (Å²) in [4.78, 5) is 30.7. The van der Waals surface area contributed by atoms with E-state index in [0.29, 0.717) is 25.0 Å². The first kappa shape index (κ1) is 25.6. The maximum Gasteiger partial charge on any atom is 0.339 e. The van der Waals surface area contributed by atoms with Crippen LogP contribution in [0.4, 0.5) is 0 Å². The molecule has 0 fully saturated rings. The fourth-order valence-electron chi connectivity index (χ4n) is 5.46. The molecule has 38 heavy (non-hydrogen) atoms. The number of esters is 1. The minimum Gasteiger partial charge on any atom is -0.493 e. The highest BCUT2D eigenvalue weighted by Gasteiger charge is 2.40. The maximum atomic E-state index is 12.9. The van der Waals surface area contributed by atoms with Gasteiger partial charge < -0.3 is 19.3 Å². The van der Waals surface area contributed by atoms with Crippen molar-refractivity contribution in [3.63, 3.8) is 0 Å². The number of imidazole rings is 1. The van der Waals surface area contributed by atoms with Crippen LogP contribution in [0.5, 0.6) is 17.4 Å². The Morgan fingerprint density at radius 2 is 1.92 bits per heavy atom. The highest BCUT2D eigenvalue weighted by atomic mass is 16.5. The lowest BCUT2D eigenvalue weighted by Crippen LogP contribution is -2.31. The van der Waals surface area contributed by atoms with Gasteiger partial charge in [0.25, 0.3) is 0 Å². The molecule has 3 aromatic rings. The van der Waals surface area contributed by atoms with Crippen molar-refractivity contribution in [1.29, 1.82) is 0 Å². The molecule has 200 valence electrons. The van der Waals surface area contributed by atoms with Crippen LogP contribution in [0.2, 0.25) is 0 Å². The minimum absolute atomic E-state index is 0.150. The maximum absolute atomic E-state index is 12.9. The molecule has 2 aliphatic rings. The Balaban J connectivity index is 1.78. The SMILES string of the molecule is CCOc1cc2c(c3c1OC(C)(C)C3)C(c1ccc(C(=O)OC)c(-n3c(O)cn(C)c3=O)c1)=NC(C)(C)C2. The highest BCUT2D eigenvalue weighted by molar-refractivity contribution is 6.16. The molecule has 0 bridgehead atoms. The minimum atomic E-state index is -0.620. The average Bonchev–Trinajstić information content (AvgIpc) is 3.30. The van der Waals surface area contributed by atoms with Crippen LogP contribution < -0.4 is 15.2 Å². The molecule has 0 atom stereocenters. The van der Waals surface area contributed by atoms with E-state index >= 15 is 0 Å². The van der Waals surface area contributed by atoms with Gasteiger partial charge in [-0.25, -0.2) is 14.2 Å². The third-order valence-electron chi connectivity index (χ3n) is 6.93. The number of hydrogen-bond donors (Lipinski definition) is 1.